The number of benzene rings is 1. The van der Waals surface area contributed by atoms with Crippen LogP contribution in [0.2, 0.25) is 0 Å². The van der Waals surface area contributed by atoms with E-state index in [1.54, 1.807) is 24.3 Å². The molecule has 3 aromatic rings. The van der Waals surface area contributed by atoms with Crippen LogP contribution in [0, 0.1) is 13.8 Å². The largest absolute Gasteiger partial charge is 0.478 e. The lowest BCUT2D eigenvalue weighted by Crippen LogP contribution is -2.30. The summed E-state index contributed by atoms with van der Waals surface area (Å²) < 4.78 is 11.8. The van der Waals surface area contributed by atoms with Crippen LogP contribution in [-0.4, -0.2) is 45.6 Å². The molecule has 0 saturated carbocycles. The van der Waals surface area contributed by atoms with Crippen LogP contribution in [0.25, 0.3) is 11.8 Å². The van der Waals surface area contributed by atoms with Crippen LogP contribution in [0.3, 0.4) is 0 Å². The highest BCUT2D eigenvalue weighted by atomic mass is 16.5. The molecule has 0 radical (unpaired) electrons. The highest BCUT2D eigenvalue weighted by molar-refractivity contribution is 6.14. The molecule has 0 bridgehead atoms. The number of hydrogen-bond acceptors (Lipinski definition) is 6. The highest BCUT2D eigenvalue weighted by Gasteiger charge is 2.34. The van der Waals surface area contributed by atoms with Crippen molar-refractivity contribution in [3.8, 4) is 5.69 Å². The summed E-state index contributed by atoms with van der Waals surface area (Å²) in [5.74, 6) is -2.00. The molecular weight excluding hydrogens is 442 g/mol. The van der Waals surface area contributed by atoms with Crippen molar-refractivity contribution in [2.75, 3.05) is 7.11 Å². The predicted molar refractivity (Wildman–Crippen MR) is 119 cm³/mol. The Kier molecular flexibility index (Phi) is 5.80. The third-order valence-electron chi connectivity index (χ3n) is 5.45. The number of ether oxygens (including phenoxy) is 1. The standard InChI is InChI=1S/C24H21N3O7/c1-13-9-16(14(2)27(13)17-6-4-5-15(10-17)22(29)30)11-19-21(28)26(24(32)25-19)12-18-7-8-20(34-18)23(31)33-3/h4-11H,12H2,1-3H3,(H,25,32)(H,29,30). The Hall–Kier alpha value is -4.60. The molecule has 1 aliphatic rings. The van der Waals surface area contributed by atoms with Gasteiger partial charge in [0.05, 0.1) is 19.2 Å². The van der Waals surface area contributed by atoms with Crippen molar-refractivity contribution in [3.63, 3.8) is 0 Å². The minimum atomic E-state index is -1.03. The number of amides is 3. The molecule has 0 atom stereocenters. The lowest BCUT2D eigenvalue weighted by atomic mass is 10.2. The van der Waals surface area contributed by atoms with Crippen LogP contribution in [0.5, 0.6) is 0 Å². The van der Waals surface area contributed by atoms with Gasteiger partial charge in [-0.05, 0) is 61.9 Å². The summed E-state index contributed by atoms with van der Waals surface area (Å²) in [6, 6.07) is 10.7. The van der Waals surface area contributed by atoms with Gasteiger partial charge in [0.2, 0.25) is 5.76 Å². The fourth-order valence-corrected chi connectivity index (χ4v) is 3.81. The van der Waals surface area contributed by atoms with E-state index in [2.05, 4.69) is 10.1 Å². The van der Waals surface area contributed by atoms with E-state index in [4.69, 9.17) is 4.42 Å². The van der Waals surface area contributed by atoms with Crippen LogP contribution in [0.1, 0.15) is 43.6 Å². The Morgan fingerprint density at radius 3 is 2.62 bits per heavy atom. The number of rotatable bonds is 6. The predicted octanol–water partition coefficient (Wildman–Crippen LogP) is 3.26. The van der Waals surface area contributed by atoms with Gasteiger partial charge in [-0.15, -0.1) is 0 Å². The molecule has 1 saturated heterocycles. The summed E-state index contributed by atoms with van der Waals surface area (Å²) in [5, 5.41) is 11.8. The van der Waals surface area contributed by atoms with Gasteiger partial charge in [0.1, 0.15) is 11.5 Å². The monoisotopic (exact) mass is 463 g/mol. The number of carbonyl (C=O) groups excluding carboxylic acids is 3. The van der Waals surface area contributed by atoms with Crippen molar-refractivity contribution >= 4 is 30.0 Å². The second-order valence-corrected chi connectivity index (χ2v) is 7.65. The molecule has 0 unspecified atom stereocenters. The number of aromatic nitrogens is 1. The van der Waals surface area contributed by atoms with Crippen molar-refractivity contribution in [3.05, 3.63) is 82.2 Å². The first-order chi connectivity index (χ1) is 16.2. The van der Waals surface area contributed by atoms with Gasteiger partial charge in [0.15, 0.2) is 0 Å². The fourth-order valence-electron chi connectivity index (χ4n) is 3.81. The van der Waals surface area contributed by atoms with E-state index in [1.807, 2.05) is 24.5 Å². The van der Waals surface area contributed by atoms with E-state index < -0.39 is 23.9 Å². The zero-order valence-corrected chi connectivity index (χ0v) is 18.6. The maximum atomic E-state index is 12.9. The van der Waals surface area contributed by atoms with Crippen molar-refractivity contribution in [2.45, 2.75) is 20.4 Å². The normalized spacial score (nSPS) is 14.6. The second kappa shape index (κ2) is 8.74. The lowest BCUT2D eigenvalue weighted by molar-refractivity contribution is -0.123. The number of carboxylic acid groups (broad SMARTS) is 1. The summed E-state index contributed by atoms with van der Waals surface area (Å²) in [4.78, 5) is 49.2. The molecule has 3 amide bonds. The maximum Gasteiger partial charge on any atom is 0.373 e. The first kappa shape index (κ1) is 22.6. The highest BCUT2D eigenvalue weighted by Crippen LogP contribution is 2.25. The molecule has 4 rings (SSSR count). The van der Waals surface area contributed by atoms with Crippen LogP contribution < -0.4 is 5.32 Å². The molecular formula is C24H21N3O7. The molecule has 1 aromatic carbocycles. The van der Waals surface area contributed by atoms with Gasteiger partial charge in [0, 0.05) is 17.1 Å². The number of hydrogen-bond donors (Lipinski definition) is 2. The molecule has 1 aliphatic heterocycles. The molecule has 2 aromatic heterocycles. The summed E-state index contributed by atoms with van der Waals surface area (Å²) in [6.07, 6.45) is 1.57. The minimum Gasteiger partial charge on any atom is -0.478 e. The second-order valence-electron chi connectivity index (χ2n) is 7.65. The Bertz CT molecular complexity index is 1360. The number of imide groups is 1. The average molecular weight is 463 g/mol. The third-order valence-corrected chi connectivity index (χ3v) is 5.45. The number of esters is 1. The van der Waals surface area contributed by atoms with E-state index in [9.17, 15) is 24.3 Å². The number of aromatic carboxylic acids is 1. The number of furan rings is 1. The molecule has 10 nitrogen and oxygen atoms in total. The zero-order chi connectivity index (χ0) is 24.6. The molecule has 0 aliphatic carbocycles. The molecule has 3 heterocycles. The van der Waals surface area contributed by atoms with Crippen molar-refractivity contribution < 1.29 is 33.4 Å². The molecule has 34 heavy (non-hydrogen) atoms. The topological polar surface area (TPSA) is 131 Å². The fraction of sp³-hybridized carbons (Fsp3) is 0.167. The smallest absolute Gasteiger partial charge is 0.373 e. The van der Waals surface area contributed by atoms with E-state index in [-0.39, 0.29) is 29.3 Å². The SMILES string of the molecule is COC(=O)c1ccc(CN2C(=O)NC(=Cc3cc(C)n(-c4cccc(C(=O)O)c4)c3C)C2=O)o1. The number of nitrogens with one attached hydrogen (secondary N) is 1. The third kappa shape index (κ3) is 4.08. The number of carboxylic acids is 1. The van der Waals surface area contributed by atoms with Crippen molar-refractivity contribution in [2.24, 2.45) is 0 Å². The van der Waals surface area contributed by atoms with Gasteiger partial charge >= 0.3 is 18.0 Å². The van der Waals surface area contributed by atoms with E-state index in [0.29, 0.717) is 11.3 Å². The van der Waals surface area contributed by atoms with Gasteiger partial charge in [-0.25, -0.2) is 14.4 Å². The van der Waals surface area contributed by atoms with Gasteiger partial charge in [-0.2, -0.15) is 0 Å². The van der Waals surface area contributed by atoms with Crippen LogP contribution in [0.15, 0.2) is 52.6 Å². The summed E-state index contributed by atoms with van der Waals surface area (Å²) in [6.45, 7) is 3.54. The maximum absolute atomic E-state index is 12.9. The first-order valence-electron chi connectivity index (χ1n) is 10.2. The van der Waals surface area contributed by atoms with Crippen LogP contribution in [-0.2, 0) is 16.1 Å². The van der Waals surface area contributed by atoms with E-state index >= 15 is 0 Å². The van der Waals surface area contributed by atoms with Crippen LogP contribution >= 0.6 is 0 Å². The molecule has 174 valence electrons. The lowest BCUT2D eigenvalue weighted by Gasteiger charge is -2.10. The van der Waals surface area contributed by atoms with Crippen LogP contribution in [0.4, 0.5) is 4.79 Å². The quantitative estimate of drug-likeness (QED) is 0.326. The minimum absolute atomic E-state index is 0.0280. The Morgan fingerprint density at radius 2 is 1.91 bits per heavy atom. The van der Waals surface area contributed by atoms with Gasteiger partial charge in [-0.1, -0.05) is 6.07 Å². The molecule has 10 heteroatoms. The average Bonchev–Trinajstić information content (AvgIpc) is 3.46. The molecule has 0 spiro atoms. The summed E-state index contributed by atoms with van der Waals surface area (Å²) in [7, 11) is 1.22. The molecule has 1 fully saturated rings. The molecule has 2 N–H and O–H groups in total. The van der Waals surface area contributed by atoms with E-state index in [0.717, 1.165) is 16.3 Å². The number of nitrogens with zero attached hydrogens (tertiary/aromatic N) is 2. The van der Waals surface area contributed by atoms with Gasteiger partial charge < -0.3 is 24.1 Å². The van der Waals surface area contributed by atoms with Crippen molar-refractivity contribution in [1.29, 1.82) is 0 Å². The number of urea groups is 1. The van der Waals surface area contributed by atoms with Gasteiger partial charge in [0.25, 0.3) is 5.91 Å². The van der Waals surface area contributed by atoms with Gasteiger partial charge in [-0.3, -0.25) is 9.69 Å². The zero-order valence-electron chi connectivity index (χ0n) is 18.6. The number of methoxy groups -OCH3 is 1. The number of aryl methyl sites for hydroxylation is 1. The van der Waals surface area contributed by atoms with E-state index in [1.165, 1.54) is 25.3 Å². The Balaban J connectivity index is 1.60. The number of carbonyl (C=O) groups is 4. The van der Waals surface area contributed by atoms with Crippen molar-refractivity contribution in [1.82, 2.24) is 14.8 Å². The summed E-state index contributed by atoms with van der Waals surface area (Å²) >= 11 is 0. The first-order valence-corrected chi connectivity index (χ1v) is 10.2. The Morgan fingerprint density at radius 1 is 1.15 bits per heavy atom. The summed E-state index contributed by atoms with van der Waals surface area (Å²) in [5.41, 5.74) is 3.20. The Labute approximate surface area is 194 Å².